The Bertz CT molecular complexity index is 386. The quantitative estimate of drug-likeness (QED) is 0.815. The molecule has 17 heavy (non-hydrogen) atoms. The molecule has 3 nitrogen and oxygen atoms in total. The summed E-state index contributed by atoms with van der Waals surface area (Å²) in [6.07, 6.45) is 2.13. The van der Waals surface area contributed by atoms with Crippen LogP contribution >= 0.6 is 0 Å². The molecular weight excluding hydrogens is 214 g/mol. The summed E-state index contributed by atoms with van der Waals surface area (Å²) in [6, 6.07) is 9.63. The van der Waals surface area contributed by atoms with E-state index >= 15 is 0 Å². The third-order valence-electron chi connectivity index (χ3n) is 3.19. The predicted octanol–water partition coefficient (Wildman–Crippen LogP) is 3.18. The molecule has 2 rings (SSSR count). The van der Waals surface area contributed by atoms with E-state index in [4.69, 9.17) is 4.84 Å². The number of rotatable bonds is 3. The molecule has 1 aliphatic carbocycles. The fourth-order valence-corrected chi connectivity index (χ4v) is 2.13. The average molecular weight is 233 g/mol. The number of Topliss-reactive ketones (excluding diaryl/α,β-unsaturated/α-hetero) is 1. The van der Waals surface area contributed by atoms with E-state index in [1.807, 2.05) is 30.3 Å². The molecule has 1 saturated carbocycles. The molecule has 1 atom stereocenters. The minimum absolute atomic E-state index is 0.129. The largest absolute Gasteiger partial charge is 0.297 e. The number of hydrogen-bond acceptors (Lipinski definition) is 3. The highest BCUT2D eigenvalue weighted by Gasteiger charge is 2.34. The van der Waals surface area contributed by atoms with Crippen LogP contribution in [-0.2, 0) is 9.63 Å². The van der Waals surface area contributed by atoms with Crippen LogP contribution in [0.5, 0.6) is 0 Å². The molecule has 0 radical (unpaired) electrons. The number of ketones is 1. The van der Waals surface area contributed by atoms with Gasteiger partial charge in [-0.25, -0.2) is 0 Å². The summed E-state index contributed by atoms with van der Waals surface area (Å²) in [5.41, 5.74) is 3.86. The minimum Gasteiger partial charge on any atom is -0.297 e. The standard InChI is InChI=1S/C14H19NO2/c1-14(2)9-8-13(12(16)10-14)17-15-11-6-4-3-5-7-11/h3-7,13,15H,8-10H2,1-2H3/t13-/m1/s1. The van der Waals surface area contributed by atoms with Gasteiger partial charge in [0.15, 0.2) is 5.78 Å². The van der Waals surface area contributed by atoms with Crippen molar-refractivity contribution in [2.45, 2.75) is 39.2 Å². The highest BCUT2D eigenvalue weighted by atomic mass is 16.7. The number of benzene rings is 1. The summed E-state index contributed by atoms with van der Waals surface area (Å²) in [5, 5.41) is 0. The predicted molar refractivity (Wildman–Crippen MR) is 67.6 cm³/mol. The lowest BCUT2D eigenvalue weighted by atomic mass is 9.76. The number of anilines is 1. The lowest BCUT2D eigenvalue weighted by molar-refractivity contribution is -0.135. The summed E-state index contributed by atoms with van der Waals surface area (Å²) >= 11 is 0. The topological polar surface area (TPSA) is 38.3 Å². The van der Waals surface area contributed by atoms with Crippen molar-refractivity contribution in [3.05, 3.63) is 30.3 Å². The number of para-hydroxylation sites is 1. The van der Waals surface area contributed by atoms with Gasteiger partial charge in [0.1, 0.15) is 6.10 Å². The van der Waals surface area contributed by atoms with E-state index in [1.54, 1.807) is 0 Å². The van der Waals surface area contributed by atoms with Crippen molar-refractivity contribution in [3.8, 4) is 0 Å². The normalized spacial score (nSPS) is 23.4. The molecule has 1 fully saturated rings. The molecule has 0 spiro atoms. The Hall–Kier alpha value is -1.35. The average Bonchev–Trinajstić information content (AvgIpc) is 2.28. The van der Waals surface area contributed by atoms with Crippen LogP contribution in [0.3, 0.4) is 0 Å². The highest BCUT2D eigenvalue weighted by molar-refractivity contribution is 5.84. The molecule has 1 aromatic carbocycles. The third-order valence-corrected chi connectivity index (χ3v) is 3.19. The second-order valence-corrected chi connectivity index (χ2v) is 5.42. The first kappa shape index (κ1) is 12.1. The van der Waals surface area contributed by atoms with E-state index in [9.17, 15) is 4.79 Å². The molecule has 1 N–H and O–H groups in total. The van der Waals surface area contributed by atoms with Gasteiger partial charge < -0.3 is 0 Å². The van der Waals surface area contributed by atoms with Crippen LogP contribution in [0.25, 0.3) is 0 Å². The number of carbonyl (C=O) groups is 1. The summed E-state index contributed by atoms with van der Waals surface area (Å²) in [4.78, 5) is 17.3. The maximum atomic E-state index is 11.9. The summed E-state index contributed by atoms with van der Waals surface area (Å²) in [7, 11) is 0. The van der Waals surface area contributed by atoms with Crippen LogP contribution in [0.2, 0.25) is 0 Å². The van der Waals surface area contributed by atoms with Crippen molar-refractivity contribution in [1.29, 1.82) is 0 Å². The van der Waals surface area contributed by atoms with Crippen LogP contribution in [0, 0.1) is 5.41 Å². The van der Waals surface area contributed by atoms with E-state index in [0.29, 0.717) is 6.42 Å². The maximum Gasteiger partial charge on any atom is 0.164 e. The van der Waals surface area contributed by atoms with Crippen LogP contribution in [0.1, 0.15) is 33.1 Å². The Labute approximate surface area is 102 Å². The fourth-order valence-electron chi connectivity index (χ4n) is 2.13. The number of nitrogens with one attached hydrogen (secondary N) is 1. The van der Waals surface area contributed by atoms with Gasteiger partial charge in [0.2, 0.25) is 0 Å². The first-order valence-corrected chi connectivity index (χ1v) is 6.06. The molecule has 0 amide bonds. The van der Waals surface area contributed by atoms with E-state index in [-0.39, 0.29) is 17.3 Å². The van der Waals surface area contributed by atoms with E-state index < -0.39 is 0 Å². The molecular formula is C14H19NO2. The molecule has 0 saturated heterocycles. The van der Waals surface area contributed by atoms with Gasteiger partial charge >= 0.3 is 0 Å². The van der Waals surface area contributed by atoms with Crippen molar-refractivity contribution in [2.75, 3.05) is 5.48 Å². The van der Waals surface area contributed by atoms with Gasteiger partial charge in [-0.15, -0.1) is 0 Å². The Balaban J connectivity index is 1.87. The third kappa shape index (κ3) is 3.30. The van der Waals surface area contributed by atoms with Crippen molar-refractivity contribution < 1.29 is 9.63 Å². The summed E-state index contributed by atoms with van der Waals surface area (Å²) < 4.78 is 0. The zero-order valence-electron chi connectivity index (χ0n) is 10.4. The second kappa shape index (κ2) is 4.88. The lowest BCUT2D eigenvalue weighted by Crippen LogP contribution is -2.36. The zero-order valence-corrected chi connectivity index (χ0v) is 10.4. The minimum atomic E-state index is -0.303. The van der Waals surface area contributed by atoms with Crippen LogP contribution in [-0.4, -0.2) is 11.9 Å². The van der Waals surface area contributed by atoms with Crippen molar-refractivity contribution in [3.63, 3.8) is 0 Å². The smallest absolute Gasteiger partial charge is 0.164 e. The maximum absolute atomic E-state index is 11.9. The summed E-state index contributed by atoms with van der Waals surface area (Å²) in [6.45, 7) is 4.26. The van der Waals surface area contributed by atoms with Gasteiger partial charge in [0.05, 0.1) is 5.69 Å². The molecule has 3 heteroatoms. The van der Waals surface area contributed by atoms with E-state index in [0.717, 1.165) is 18.5 Å². The van der Waals surface area contributed by atoms with Gasteiger partial charge in [-0.1, -0.05) is 32.0 Å². The number of carbonyl (C=O) groups excluding carboxylic acids is 1. The molecule has 1 aromatic rings. The molecule has 0 unspecified atom stereocenters. The molecule has 0 heterocycles. The van der Waals surface area contributed by atoms with Gasteiger partial charge in [0.25, 0.3) is 0 Å². The van der Waals surface area contributed by atoms with Crippen molar-refractivity contribution in [1.82, 2.24) is 0 Å². The molecule has 0 aliphatic heterocycles. The highest BCUT2D eigenvalue weighted by Crippen LogP contribution is 2.34. The van der Waals surface area contributed by atoms with Gasteiger partial charge in [-0.3, -0.25) is 15.1 Å². The van der Waals surface area contributed by atoms with Crippen molar-refractivity contribution >= 4 is 11.5 Å². The zero-order chi connectivity index (χ0) is 12.3. The van der Waals surface area contributed by atoms with Crippen LogP contribution in [0.15, 0.2) is 30.3 Å². The first-order valence-electron chi connectivity index (χ1n) is 6.06. The SMILES string of the molecule is CC1(C)CC[C@@H](ONc2ccccc2)C(=O)C1. The van der Waals surface area contributed by atoms with Crippen molar-refractivity contribution in [2.24, 2.45) is 5.41 Å². The molecule has 1 aliphatic rings. The fraction of sp³-hybridized carbons (Fsp3) is 0.500. The van der Waals surface area contributed by atoms with E-state index in [1.165, 1.54) is 0 Å². The first-order chi connectivity index (χ1) is 8.07. The Morgan fingerprint density at radius 1 is 1.29 bits per heavy atom. The second-order valence-electron chi connectivity index (χ2n) is 5.42. The van der Waals surface area contributed by atoms with Gasteiger partial charge in [-0.2, -0.15) is 0 Å². The Kier molecular flexibility index (Phi) is 3.48. The monoisotopic (exact) mass is 233 g/mol. The molecule has 0 bridgehead atoms. The Morgan fingerprint density at radius 2 is 2.00 bits per heavy atom. The number of hydrogen-bond donors (Lipinski definition) is 1. The summed E-state index contributed by atoms with van der Waals surface area (Å²) in [5.74, 6) is 0.199. The van der Waals surface area contributed by atoms with E-state index in [2.05, 4.69) is 19.3 Å². The molecule has 0 aromatic heterocycles. The Morgan fingerprint density at radius 3 is 2.65 bits per heavy atom. The molecule has 92 valence electrons. The van der Waals surface area contributed by atoms with Gasteiger partial charge in [0, 0.05) is 6.42 Å². The van der Waals surface area contributed by atoms with Crippen LogP contribution in [0.4, 0.5) is 5.69 Å². The van der Waals surface area contributed by atoms with Crippen LogP contribution < -0.4 is 5.48 Å². The lowest BCUT2D eigenvalue weighted by Gasteiger charge is -2.32. The van der Waals surface area contributed by atoms with Gasteiger partial charge in [-0.05, 0) is 30.4 Å².